The third-order valence-electron chi connectivity index (χ3n) is 2.41. The first-order valence-corrected chi connectivity index (χ1v) is 5.32. The van der Waals surface area contributed by atoms with Crippen molar-refractivity contribution in [1.29, 1.82) is 0 Å². The first kappa shape index (κ1) is 11.0. The Labute approximate surface area is 95.1 Å². The maximum absolute atomic E-state index is 11.7. The fourth-order valence-corrected chi connectivity index (χ4v) is 1.40. The third kappa shape index (κ3) is 2.02. The molecule has 1 heterocycles. The topological polar surface area (TPSA) is 41.6 Å². The summed E-state index contributed by atoms with van der Waals surface area (Å²) in [6.45, 7) is 6.18. The molecule has 0 saturated heterocycles. The smallest absolute Gasteiger partial charge is 0.325 e. The van der Waals surface area contributed by atoms with Gasteiger partial charge in [-0.2, -0.15) is 5.43 Å². The second-order valence-electron chi connectivity index (χ2n) is 4.89. The van der Waals surface area contributed by atoms with Gasteiger partial charge in [0.15, 0.2) is 0 Å². The Morgan fingerprint density at radius 2 is 2.06 bits per heavy atom. The van der Waals surface area contributed by atoms with Crippen LogP contribution in [-0.4, -0.2) is 5.97 Å². The van der Waals surface area contributed by atoms with Crippen molar-refractivity contribution in [1.82, 2.24) is 5.43 Å². The molecule has 86 valence electrons. The second-order valence-corrected chi connectivity index (χ2v) is 4.89. The summed E-state index contributed by atoms with van der Waals surface area (Å²) >= 11 is 0. The number of hydrogen-bond donors (Lipinski definition) is 1. The van der Waals surface area contributed by atoms with Crippen LogP contribution >= 0.6 is 0 Å². The van der Waals surface area contributed by atoms with E-state index in [0.717, 1.165) is 11.3 Å². The number of nitrogens with zero attached hydrogens (tertiary/aromatic N) is 1. The minimum Gasteiger partial charge on any atom is -0.325 e. The molecular weight excluding hydrogens is 204 g/mol. The average molecular weight is 220 g/mol. The summed E-state index contributed by atoms with van der Waals surface area (Å²) in [6, 6.07) is 7.82. The molecule has 1 aromatic carbocycles. The lowest BCUT2D eigenvalue weighted by Gasteiger charge is -2.23. The van der Waals surface area contributed by atoms with Gasteiger partial charge in [-0.15, -0.1) is 5.17 Å². The van der Waals surface area contributed by atoms with Gasteiger partial charge >= 0.3 is 5.97 Å². The zero-order valence-electron chi connectivity index (χ0n) is 9.78. The van der Waals surface area contributed by atoms with Gasteiger partial charge in [0.05, 0.1) is 11.1 Å². The molecule has 0 atom stereocenters. The van der Waals surface area contributed by atoms with Crippen LogP contribution in [0, 0.1) is 5.41 Å². The van der Waals surface area contributed by atoms with Crippen molar-refractivity contribution in [2.45, 2.75) is 27.3 Å². The van der Waals surface area contributed by atoms with Crippen LogP contribution in [0.4, 0.5) is 5.69 Å². The largest absolute Gasteiger partial charge is 0.339 e. The highest BCUT2D eigenvalue weighted by Crippen LogP contribution is 2.26. The molecule has 0 amide bonds. The number of benzene rings is 1. The Balaban J connectivity index is 2.12. The van der Waals surface area contributed by atoms with Gasteiger partial charge in [-0.3, -0.25) is 0 Å². The SMILES string of the molecule is CC(C)(C)C(=O)ON1NCc2ccccc21. The fraction of sp³-hybridized carbons (Fsp3) is 0.417. The van der Waals surface area contributed by atoms with Gasteiger partial charge in [0, 0.05) is 6.54 Å². The van der Waals surface area contributed by atoms with E-state index in [2.05, 4.69) is 5.43 Å². The quantitative estimate of drug-likeness (QED) is 0.786. The molecule has 1 aliphatic heterocycles. The number of hydrazine groups is 1. The molecule has 0 aromatic heterocycles. The molecule has 2 rings (SSSR count). The van der Waals surface area contributed by atoms with E-state index in [1.807, 2.05) is 45.0 Å². The summed E-state index contributed by atoms with van der Waals surface area (Å²) in [4.78, 5) is 17.0. The zero-order chi connectivity index (χ0) is 11.8. The zero-order valence-corrected chi connectivity index (χ0v) is 9.78. The van der Waals surface area contributed by atoms with Crippen molar-refractivity contribution < 1.29 is 9.63 Å². The minimum atomic E-state index is -0.501. The van der Waals surface area contributed by atoms with Gasteiger partial charge in [-0.25, -0.2) is 4.79 Å². The van der Waals surface area contributed by atoms with Crippen LogP contribution in [0.5, 0.6) is 0 Å². The molecule has 0 spiro atoms. The molecule has 4 nitrogen and oxygen atoms in total. The summed E-state index contributed by atoms with van der Waals surface area (Å²) in [5.74, 6) is -0.253. The van der Waals surface area contributed by atoms with Gasteiger partial charge < -0.3 is 4.84 Å². The van der Waals surface area contributed by atoms with E-state index in [1.54, 1.807) is 0 Å². The number of fused-ring (bicyclic) bond motifs is 1. The molecule has 16 heavy (non-hydrogen) atoms. The summed E-state index contributed by atoms with van der Waals surface area (Å²) in [5.41, 5.74) is 4.55. The fourth-order valence-electron chi connectivity index (χ4n) is 1.40. The summed E-state index contributed by atoms with van der Waals surface area (Å²) in [6.07, 6.45) is 0. The Bertz CT molecular complexity index is 410. The summed E-state index contributed by atoms with van der Waals surface area (Å²) < 4.78 is 0. The van der Waals surface area contributed by atoms with Crippen molar-refractivity contribution >= 4 is 11.7 Å². The van der Waals surface area contributed by atoms with Crippen LogP contribution in [0.3, 0.4) is 0 Å². The van der Waals surface area contributed by atoms with Crippen LogP contribution < -0.4 is 10.6 Å². The number of rotatable bonds is 1. The molecule has 0 fully saturated rings. The van der Waals surface area contributed by atoms with Crippen LogP contribution in [0.25, 0.3) is 0 Å². The van der Waals surface area contributed by atoms with Crippen molar-refractivity contribution in [2.24, 2.45) is 5.41 Å². The third-order valence-corrected chi connectivity index (χ3v) is 2.41. The Morgan fingerprint density at radius 3 is 2.75 bits per heavy atom. The van der Waals surface area contributed by atoms with Gasteiger partial charge in [-0.05, 0) is 32.4 Å². The number of nitrogens with one attached hydrogen (secondary N) is 1. The number of carbonyl (C=O) groups excluding carboxylic acids is 1. The van der Waals surface area contributed by atoms with Crippen molar-refractivity contribution in [3.05, 3.63) is 29.8 Å². The molecule has 0 bridgehead atoms. The summed E-state index contributed by atoms with van der Waals surface area (Å²) in [5, 5.41) is 1.45. The monoisotopic (exact) mass is 220 g/mol. The van der Waals surface area contributed by atoms with Gasteiger partial charge in [0.25, 0.3) is 0 Å². The molecule has 0 aliphatic carbocycles. The lowest BCUT2D eigenvalue weighted by molar-refractivity contribution is -0.155. The first-order valence-electron chi connectivity index (χ1n) is 5.32. The van der Waals surface area contributed by atoms with Crippen molar-refractivity contribution in [3.63, 3.8) is 0 Å². The highest BCUT2D eigenvalue weighted by atomic mass is 16.7. The van der Waals surface area contributed by atoms with E-state index >= 15 is 0 Å². The number of carbonyl (C=O) groups is 1. The van der Waals surface area contributed by atoms with Crippen molar-refractivity contribution in [3.8, 4) is 0 Å². The highest BCUT2D eigenvalue weighted by molar-refractivity contribution is 5.76. The number of anilines is 1. The highest BCUT2D eigenvalue weighted by Gasteiger charge is 2.29. The molecule has 0 saturated carbocycles. The number of para-hydroxylation sites is 1. The lowest BCUT2D eigenvalue weighted by atomic mass is 9.98. The molecule has 0 radical (unpaired) electrons. The predicted octanol–water partition coefficient (Wildman–Crippen LogP) is 2.02. The number of hydrogen-bond acceptors (Lipinski definition) is 4. The first-order chi connectivity index (χ1) is 7.48. The van der Waals surface area contributed by atoms with E-state index in [-0.39, 0.29) is 5.97 Å². The van der Waals surface area contributed by atoms with E-state index in [9.17, 15) is 4.79 Å². The second kappa shape index (κ2) is 3.79. The minimum absolute atomic E-state index is 0.253. The van der Waals surface area contributed by atoms with Crippen LogP contribution in [0.15, 0.2) is 24.3 Å². The van der Waals surface area contributed by atoms with E-state index in [4.69, 9.17) is 4.84 Å². The average Bonchev–Trinajstić information content (AvgIpc) is 2.61. The van der Waals surface area contributed by atoms with Crippen LogP contribution in [0.1, 0.15) is 26.3 Å². The molecule has 0 unspecified atom stereocenters. The van der Waals surface area contributed by atoms with Crippen molar-refractivity contribution in [2.75, 3.05) is 5.17 Å². The van der Waals surface area contributed by atoms with E-state index in [1.165, 1.54) is 5.17 Å². The normalized spacial score (nSPS) is 14.8. The Kier molecular flexibility index (Phi) is 2.59. The predicted molar refractivity (Wildman–Crippen MR) is 61.3 cm³/mol. The molecule has 1 N–H and O–H groups in total. The van der Waals surface area contributed by atoms with Crippen LogP contribution in [-0.2, 0) is 16.2 Å². The molecule has 4 heteroatoms. The van der Waals surface area contributed by atoms with E-state index < -0.39 is 5.41 Å². The molecule has 1 aromatic rings. The maximum atomic E-state index is 11.7. The summed E-state index contributed by atoms with van der Waals surface area (Å²) in [7, 11) is 0. The van der Waals surface area contributed by atoms with E-state index in [0.29, 0.717) is 6.54 Å². The molecule has 1 aliphatic rings. The van der Waals surface area contributed by atoms with Crippen LogP contribution in [0.2, 0.25) is 0 Å². The van der Waals surface area contributed by atoms with Gasteiger partial charge in [-0.1, -0.05) is 18.2 Å². The van der Waals surface area contributed by atoms with Gasteiger partial charge in [0.2, 0.25) is 0 Å². The Morgan fingerprint density at radius 1 is 1.38 bits per heavy atom. The van der Waals surface area contributed by atoms with Gasteiger partial charge in [0.1, 0.15) is 0 Å². The standard InChI is InChI=1S/C12H16N2O2/c1-12(2,3)11(15)16-14-10-7-5-4-6-9(10)8-13-14/h4-7,13H,8H2,1-3H3. The Hall–Kier alpha value is -1.55. The molecular formula is C12H16N2O2. The maximum Gasteiger partial charge on any atom is 0.339 e. The lowest BCUT2D eigenvalue weighted by Crippen LogP contribution is -2.38.